The lowest BCUT2D eigenvalue weighted by molar-refractivity contribution is 0.0294. The molecular weight excluding hydrogens is 508 g/mol. The van der Waals surface area contributed by atoms with Crippen molar-refractivity contribution >= 4 is 35.1 Å². The van der Waals surface area contributed by atoms with Crippen molar-refractivity contribution in [3.8, 4) is 22.4 Å². The van der Waals surface area contributed by atoms with Crippen LogP contribution in [0.5, 0.6) is 0 Å². The quantitative estimate of drug-likeness (QED) is 0.346. The SMILES string of the molecule is CCn1c(C)c(-c2cc(C(=O)OC(C)C3CC3)ccc2F)c(=O)c(C(=O)O)c1-c1ccc(Cl)c(Cl)c1. The third-order valence-corrected chi connectivity index (χ3v) is 7.24. The minimum atomic E-state index is -1.47. The highest BCUT2D eigenvalue weighted by atomic mass is 35.5. The maximum absolute atomic E-state index is 15.1. The summed E-state index contributed by atoms with van der Waals surface area (Å²) in [4.78, 5) is 38.7. The summed E-state index contributed by atoms with van der Waals surface area (Å²) in [7, 11) is 0. The molecule has 0 bridgehead atoms. The number of aromatic nitrogens is 1. The van der Waals surface area contributed by atoms with E-state index in [1.807, 2.05) is 6.92 Å². The number of nitrogens with zero attached hydrogens (tertiary/aromatic N) is 1. The standard InChI is InChI=1S/C27H24Cl2FNO5/c1-4-31-13(2)22(18-11-17(8-10-21(18)30)27(35)36-14(3)15-5-6-15)25(32)23(26(33)34)24(31)16-7-9-19(28)20(29)12-16/h7-12,14-15H,4-6H2,1-3H3,(H,33,34). The Bertz CT molecular complexity index is 1450. The van der Waals surface area contributed by atoms with Crippen molar-refractivity contribution in [3.63, 3.8) is 0 Å². The van der Waals surface area contributed by atoms with Gasteiger partial charge in [0.25, 0.3) is 0 Å². The molecular formula is C27H24Cl2FNO5. The molecule has 1 saturated carbocycles. The second-order valence-corrected chi connectivity index (χ2v) is 9.65. The fraction of sp³-hybridized carbons (Fsp3) is 0.296. The van der Waals surface area contributed by atoms with Gasteiger partial charge in [0.15, 0.2) is 0 Å². The molecule has 0 amide bonds. The zero-order chi connectivity index (χ0) is 26.3. The molecule has 0 radical (unpaired) electrons. The van der Waals surface area contributed by atoms with Crippen LogP contribution in [-0.4, -0.2) is 27.7 Å². The monoisotopic (exact) mass is 531 g/mol. The highest BCUT2D eigenvalue weighted by Crippen LogP contribution is 2.36. The number of esters is 1. The predicted molar refractivity (Wildman–Crippen MR) is 137 cm³/mol. The van der Waals surface area contributed by atoms with Gasteiger partial charge in [-0.05, 0) is 69.9 Å². The van der Waals surface area contributed by atoms with Crippen LogP contribution in [0.4, 0.5) is 4.39 Å². The van der Waals surface area contributed by atoms with Crippen molar-refractivity contribution < 1.29 is 23.8 Å². The van der Waals surface area contributed by atoms with Crippen LogP contribution in [0.15, 0.2) is 41.2 Å². The van der Waals surface area contributed by atoms with Gasteiger partial charge in [0.1, 0.15) is 17.5 Å². The Morgan fingerprint density at radius 2 is 1.86 bits per heavy atom. The van der Waals surface area contributed by atoms with Crippen LogP contribution >= 0.6 is 23.2 Å². The first kappa shape index (κ1) is 25.9. The molecule has 4 rings (SSSR count). The molecule has 188 valence electrons. The van der Waals surface area contributed by atoms with Crippen LogP contribution in [0.1, 0.15) is 53.1 Å². The number of hydrogen-bond donors (Lipinski definition) is 1. The van der Waals surface area contributed by atoms with Gasteiger partial charge in [0.05, 0.1) is 26.9 Å². The number of carboxylic acid groups (broad SMARTS) is 1. The third-order valence-electron chi connectivity index (χ3n) is 6.50. The van der Waals surface area contributed by atoms with Crippen LogP contribution in [0.3, 0.4) is 0 Å². The zero-order valence-electron chi connectivity index (χ0n) is 19.9. The molecule has 0 aliphatic heterocycles. The van der Waals surface area contributed by atoms with E-state index in [4.69, 9.17) is 27.9 Å². The summed E-state index contributed by atoms with van der Waals surface area (Å²) in [6, 6.07) is 8.17. The van der Waals surface area contributed by atoms with Crippen LogP contribution in [-0.2, 0) is 11.3 Å². The maximum Gasteiger partial charge on any atom is 0.341 e. The van der Waals surface area contributed by atoms with Crippen molar-refractivity contribution in [3.05, 3.63) is 79.3 Å². The van der Waals surface area contributed by atoms with E-state index in [1.54, 1.807) is 24.5 Å². The molecule has 1 fully saturated rings. The Morgan fingerprint density at radius 3 is 2.44 bits per heavy atom. The molecule has 1 unspecified atom stereocenters. The fourth-order valence-corrected chi connectivity index (χ4v) is 4.73. The van der Waals surface area contributed by atoms with Crippen LogP contribution in [0.2, 0.25) is 10.0 Å². The van der Waals surface area contributed by atoms with Gasteiger partial charge in [-0.25, -0.2) is 14.0 Å². The molecule has 1 aliphatic carbocycles. The molecule has 1 aromatic heterocycles. The average Bonchev–Trinajstić information content (AvgIpc) is 3.67. The highest BCUT2D eigenvalue weighted by molar-refractivity contribution is 6.42. The molecule has 6 nitrogen and oxygen atoms in total. The fourth-order valence-electron chi connectivity index (χ4n) is 4.43. The summed E-state index contributed by atoms with van der Waals surface area (Å²) >= 11 is 12.2. The van der Waals surface area contributed by atoms with Gasteiger partial charge >= 0.3 is 11.9 Å². The zero-order valence-corrected chi connectivity index (χ0v) is 21.4. The summed E-state index contributed by atoms with van der Waals surface area (Å²) in [5.74, 6) is -2.54. The second-order valence-electron chi connectivity index (χ2n) is 8.83. The van der Waals surface area contributed by atoms with Crippen molar-refractivity contribution in [2.45, 2.75) is 46.3 Å². The van der Waals surface area contributed by atoms with E-state index in [0.29, 0.717) is 17.2 Å². The van der Waals surface area contributed by atoms with Crippen molar-refractivity contribution in [1.82, 2.24) is 4.57 Å². The van der Waals surface area contributed by atoms with E-state index in [0.717, 1.165) is 18.9 Å². The first-order valence-corrected chi connectivity index (χ1v) is 12.3. The van der Waals surface area contributed by atoms with E-state index in [-0.39, 0.29) is 45.1 Å². The summed E-state index contributed by atoms with van der Waals surface area (Å²) in [5.41, 5.74) is -0.800. The number of hydrogen-bond acceptors (Lipinski definition) is 4. The maximum atomic E-state index is 15.1. The van der Waals surface area contributed by atoms with E-state index in [9.17, 15) is 19.5 Å². The second kappa shape index (κ2) is 10.1. The van der Waals surface area contributed by atoms with Crippen LogP contribution in [0, 0.1) is 18.7 Å². The van der Waals surface area contributed by atoms with E-state index >= 15 is 4.39 Å². The third kappa shape index (κ3) is 4.77. The number of carboxylic acids is 1. The summed E-state index contributed by atoms with van der Waals surface area (Å²) in [6.07, 6.45) is 1.71. The smallest absolute Gasteiger partial charge is 0.341 e. The van der Waals surface area contributed by atoms with Gasteiger partial charge in [-0.2, -0.15) is 0 Å². The topological polar surface area (TPSA) is 85.6 Å². The summed E-state index contributed by atoms with van der Waals surface area (Å²) in [6.45, 7) is 5.46. The number of benzene rings is 2. The van der Waals surface area contributed by atoms with E-state index < -0.39 is 28.7 Å². The molecule has 1 aliphatic rings. The minimum absolute atomic E-state index is 0.0752. The van der Waals surface area contributed by atoms with E-state index in [2.05, 4.69) is 0 Å². The number of carbonyl (C=O) groups is 2. The molecule has 36 heavy (non-hydrogen) atoms. The number of halogens is 3. The average molecular weight is 532 g/mol. The molecule has 2 aromatic carbocycles. The Morgan fingerprint density at radius 1 is 1.17 bits per heavy atom. The molecule has 1 atom stereocenters. The minimum Gasteiger partial charge on any atom is -0.477 e. The van der Waals surface area contributed by atoms with Gasteiger partial charge in [0, 0.05) is 23.4 Å². The summed E-state index contributed by atoms with van der Waals surface area (Å²) in [5, 5.41) is 10.5. The number of carbonyl (C=O) groups excluding carboxylic acids is 1. The first-order valence-electron chi connectivity index (χ1n) is 11.5. The molecule has 0 saturated heterocycles. The summed E-state index contributed by atoms with van der Waals surface area (Å²) < 4.78 is 22.2. The highest BCUT2D eigenvalue weighted by Gasteiger charge is 2.31. The van der Waals surface area contributed by atoms with Crippen molar-refractivity contribution in [2.24, 2.45) is 5.92 Å². The normalized spacial score (nSPS) is 13.9. The lowest BCUT2D eigenvalue weighted by Crippen LogP contribution is -2.25. The lowest BCUT2D eigenvalue weighted by atomic mass is 9.95. The molecule has 0 spiro atoms. The Labute approximate surface area is 217 Å². The van der Waals surface area contributed by atoms with Crippen molar-refractivity contribution in [2.75, 3.05) is 0 Å². The Kier molecular flexibility index (Phi) is 7.25. The Balaban J connectivity index is 1.93. The Hall–Kier alpha value is -3.16. The van der Waals surface area contributed by atoms with Crippen molar-refractivity contribution in [1.29, 1.82) is 0 Å². The predicted octanol–water partition coefficient (Wildman–Crippen LogP) is 6.61. The van der Waals surface area contributed by atoms with Gasteiger partial charge < -0.3 is 14.4 Å². The van der Waals surface area contributed by atoms with Crippen LogP contribution < -0.4 is 5.43 Å². The lowest BCUT2D eigenvalue weighted by Gasteiger charge is -2.22. The number of aromatic carboxylic acids is 1. The number of pyridine rings is 1. The molecule has 1 heterocycles. The van der Waals surface area contributed by atoms with E-state index in [1.165, 1.54) is 24.3 Å². The van der Waals surface area contributed by atoms with Gasteiger partial charge in [-0.1, -0.05) is 29.3 Å². The van der Waals surface area contributed by atoms with Gasteiger partial charge in [-0.15, -0.1) is 0 Å². The largest absolute Gasteiger partial charge is 0.477 e. The number of rotatable bonds is 7. The molecule has 1 N–H and O–H groups in total. The van der Waals surface area contributed by atoms with Gasteiger partial charge in [-0.3, -0.25) is 4.79 Å². The molecule has 3 aromatic rings. The molecule has 9 heteroatoms. The van der Waals surface area contributed by atoms with Gasteiger partial charge in [0.2, 0.25) is 5.43 Å². The van der Waals surface area contributed by atoms with Crippen LogP contribution in [0.25, 0.3) is 22.4 Å². The first-order chi connectivity index (χ1) is 17.0. The number of ether oxygens (including phenoxy) is 1.